The molecule has 1 atom stereocenters. The first-order chi connectivity index (χ1) is 9.04. The molecule has 1 unspecified atom stereocenters. The second-order valence-electron chi connectivity index (χ2n) is 4.49. The number of hydrogen-bond donors (Lipinski definition) is 2. The molecule has 1 rings (SSSR count). The van der Waals surface area contributed by atoms with Crippen LogP contribution in [0.1, 0.15) is 33.1 Å². The Labute approximate surface area is 128 Å². The molecule has 0 aliphatic carbocycles. The van der Waals surface area contributed by atoms with E-state index in [1.54, 1.807) is 6.07 Å². The van der Waals surface area contributed by atoms with Gasteiger partial charge in [-0.15, -0.1) is 0 Å². The van der Waals surface area contributed by atoms with Gasteiger partial charge < -0.3 is 10.6 Å². The molecule has 5 heteroatoms. The monoisotopic (exact) mass is 346 g/mol. The Morgan fingerprint density at radius 3 is 2.79 bits per heavy atom. The van der Waals surface area contributed by atoms with Gasteiger partial charge in [0.2, 0.25) is 5.91 Å². The topological polar surface area (TPSA) is 41.1 Å². The number of carbonyl (C=O) groups is 1. The summed E-state index contributed by atoms with van der Waals surface area (Å²) in [5.41, 5.74) is 0.765. The molecule has 0 aliphatic heterocycles. The van der Waals surface area contributed by atoms with Gasteiger partial charge in [-0.2, -0.15) is 0 Å². The molecule has 1 aromatic rings. The Bertz CT molecular complexity index is 426. The number of halogens is 2. The zero-order valence-electron chi connectivity index (χ0n) is 11.3. The van der Waals surface area contributed by atoms with Gasteiger partial charge in [0.05, 0.1) is 10.7 Å². The summed E-state index contributed by atoms with van der Waals surface area (Å²) < 4.78 is 0.916. The van der Waals surface area contributed by atoms with Crippen molar-refractivity contribution in [1.82, 2.24) is 5.32 Å². The first-order valence-corrected chi connectivity index (χ1v) is 7.71. The van der Waals surface area contributed by atoms with E-state index in [-0.39, 0.29) is 11.9 Å². The fourth-order valence-corrected chi connectivity index (χ4v) is 2.37. The van der Waals surface area contributed by atoms with Crippen LogP contribution in [-0.2, 0) is 4.79 Å². The lowest BCUT2D eigenvalue weighted by Crippen LogP contribution is -2.38. The van der Waals surface area contributed by atoms with E-state index in [9.17, 15) is 4.79 Å². The van der Waals surface area contributed by atoms with E-state index in [0.29, 0.717) is 5.02 Å². The molecule has 0 bridgehead atoms. The quantitative estimate of drug-likeness (QED) is 0.725. The van der Waals surface area contributed by atoms with Gasteiger partial charge in [-0.25, -0.2) is 0 Å². The van der Waals surface area contributed by atoms with E-state index in [0.717, 1.165) is 36.0 Å². The van der Waals surface area contributed by atoms with Crippen molar-refractivity contribution in [2.24, 2.45) is 0 Å². The van der Waals surface area contributed by atoms with Gasteiger partial charge in [0.15, 0.2) is 0 Å². The van der Waals surface area contributed by atoms with Crippen LogP contribution in [0.15, 0.2) is 22.7 Å². The largest absolute Gasteiger partial charge is 0.373 e. The molecule has 0 spiro atoms. The molecule has 1 aromatic carbocycles. The fraction of sp³-hybridized carbons (Fsp3) is 0.500. The first kappa shape index (κ1) is 16.3. The molecule has 0 saturated carbocycles. The Morgan fingerprint density at radius 1 is 1.42 bits per heavy atom. The van der Waals surface area contributed by atoms with Crippen LogP contribution in [0.2, 0.25) is 5.02 Å². The molecule has 106 valence electrons. The Hall–Kier alpha value is -0.740. The van der Waals surface area contributed by atoms with Gasteiger partial charge >= 0.3 is 0 Å². The predicted molar refractivity (Wildman–Crippen MR) is 84.8 cm³/mol. The Balaban J connectivity index is 2.45. The van der Waals surface area contributed by atoms with Gasteiger partial charge in [0.25, 0.3) is 0 Å². The summed E-state index contributed by atoms with van der Waals surface area (Å²) in [5, 5.41) is 6.63. The molecule has 1 amide bonds. The summed E-state index contributed by atoms with van der Waals surface area (Å²) in [7, 11) is 0. The zero-order chi connectivity index (χ0) is 14.3. The van der Waals surface area contributed by atoms with E-state index in [2.05, 4.69) is 33.5 Å². The van der Waals surface area contributed by atoms with Crippen LogP contribution < -0.4 is 10.6 Å². The number of hydrogen-bond acceptors (Lipinski definition) is 2. The second-order valence-corrected chi connectivity index (χ2v) is 5.81. The number of amides is 1. The minimum absolute atomic E-state index is 0.00455. The van der Waals surface area contributed by atoms with Crippen LogP contribution in [-0.4, -0.2) is 18.5 Å². The number of carbonyl (C=O) groups excluding carboxylic acids is 1. The van der Waals surface area contributed by atoms with Gasteiger partial charge in [0, 0.05) is 11.0 Å². The summed E-state index contributed by atoms with van der Waals surface area (Å²) in [6.45, 7) is 4.70. The SMILES string of the molecule is CCCCCNC(=O)C(C)Nc1ccc(Br)cc1Cl. The Kier molecular flexibility index (Phi) is 7.24. The predicted octanol–water partition coefficient (Wildman–Crippen LogP) is 4.21. The van der Waals surface area contributed by atoms with Crippen LogP contribution in [0.3, 0.4) is 0 Å². The van der Waals surface area contributed by atoms with Crippen molar-refractivity contribution < 1.29 is 4.79 Å². The summed E-state index contributed by atoms with van der Waals surface area (Å²) in [4.78, 5) is 11.9. The maximum Gasteiger partial charge on any atom is 0.242 e. The van der Waals surface area contributed by atoms with E-state index in [1.807, 2.05) is 19.1 Å². The van der Waals surface area contributed by atoms with Crippen molar-refractivity contribution in [2.45, 2.75) is 39.2 Å². The molecule has 0 fully saturated rings. The lowest BCUT2D eigenvalue weighted by Gasteiger charge is -2.16. The summed E-state index contributed by atoms with van der Waals surface area (Å²) in [6, 6.07) is 5.24. The van der Waals surface area contributed by atoms with E-state index < -0.39 is 0 Å². The van der Waals surface area contributed by atoms with Crippen molar-refractivity contribution in [1.29, 1.82) is 0 Å². The highest BCUT2D eigenvalue weighted by Gasteiger charge is 2.13. The number of rotatable bonds is 7. The minimum atomic E-state index is -0.305. The van der Waals surface area contributed by atoms with Crippen molar-refractivity contribution in [2.75, 3.05) is 11.9 Å². The Morgan fingerprint density at radius 2 is 2.16 bits per heavy atom. The second kappa shape index (κ2) is 8.43. The summed E-state index contributed by atoms with van der Waals surface area (Å²) in [5.74, 6) is -0.00455. The lowest BCUT2D eigenvalue weighted by atomic mass is 10.2. The van der Waals surface area contributed by atoms with Crippen LogP contribution in [0.25, 0.3) is 0 Å². The molecule has 3 nitrogen and oxygen atoms in total. The maximum atomic E-state index is 11.9. The van der Waals surface area contributed by atoms with Crippen molar-refractivity contribution in [3.63, 3.8) is 0 Å². The maximum absolute atomic E-state index is 11.9. The van der Waals surface area contributed by atoms with Gasteiger partial charge in [-0.05, 0) is 31.5 Å². The zero-order valence-corrected chi connectivity index (χ0v) is 13.6. The number of anilines is 1. The molecule has 2 N–H and O–H groups in total. The molecular weight excluding hydrogens is 328 g/mol. The van der Waals surface area contributed by atoms with Crippen molar-refractivity contribution in [3.05, 3.63) is 27.7 Å². The highest BCUT2D eigenvalue weighted by molar-refractivity contribution is 9.10. The van der Waals surface area contributed by atoms with Crippen molar-refractivity contribution in [3.8, 4) is 0 Å². The number of unbranched alkanes of at least 4 members (excludes halogenated alkanes) is 2. The molecular formula is C14H20BrClN2O. The summed E-state index contributed by atoms with van der Waals surface area (Å²) >= 11 is 9.45. The molecule has 0 saturated heterocycles. The third-order valence-electron chi connectivity index (χ3n) is 2.78. The third kappa shape index (κ3) is 5.83. The summed E-state index contributed by atoms with van der Waals surface area (Å²) in [6.07, 6.45) is 3.31. The van der Waals surface area contributed by atoms with Gasteiger partial charge in [0.1, 0.15) is 6.04 Å². The van der Waals surface area contributed by atoms with E-state index >= 15 is 0 Å². The normalized spacial score (nSPS) is 12.0. The molecule has 19 heavy (non-hydrogen) atoms. The number of benzene rings is 1. The van der Waals surface area contributed by atoms with Gasteiger partial charge in [-0.3, -0.25) is 4.79 Å². The smallest absolute Gasteiger partial charge is 0.242 e. The molecule has 0 heterocycles. The fourth-order valence-electron chi connectivity index (χ4n) is 1.65. The highest BCUT2D eigenvalue weighted by Crippen LogP contribution is 2.26. The average molecular weight is 348 g/mol. The van der Waals surface area contributed by atoms with E-state index in [1.165, 1.54) is 0 Å². The number of nitrogens with one attached hydrogen (secondary N) is 2. The third-order valence-corrected chi connectivity index (χ3v) is 3.58. The van der Waals surface area contributed by atoms with Crippen LogP contribution in [0, 0.1) is 0 Å². The molecule has 0 radical (unpaired) electrons. The van der Waals surface area contributed by atoms with Crippen molar-refractivity contribution >= 4 is 39.1 Å². The van der Waals surface area contributed by atoms with Crippen LogP contribution >= 0.6 is 27.5 Å². The van der Waals surface area contributed by atoms with Crippen LogP contribution in [0.5, 0.6) is 0 Å². The van der Waals surface area contributed by atoms with Crippen LogP contribution in [0.4, 0.5) is 5.69 Å². The lowest BCUT2D eigenvalue weighted by molar-refractivity contribution is -0.121. The van der Waals surface area contributed by atoms with E-state index in [4.69, 9.17) is 11.6 Å². The highest BCUT2D eigenvalue weighted by atomic mass is 79.9. The standard InChI is InChI=1S/C14H20BrClN2O/c1-3-4-5-8-17-14(19)10(2)18-13-7-6-11(15)9-12(13)16/h6-7,9-10,18H,3-5,8H2,1-2H3,(H,17,19). The average Bonchev–Trinajstić information content (AvgIpc) is 2.37. The molecule has 0 aromatic heterocycles. The van der Waals surface area contributed by atoms with Gasteiger partial charge in [-0.1, -0.05) is 47.3 Å². The minimum Gasteiger partial charge on any atom is -0.373 e. The molecule has 0 aliphatic rings. The first-order valence-electron chi connectivity index (χ1n) is 6.54.